The first-order valence-electron chi connectivity index (χ1n) is 11.6. The number of hydrogen-bond acceptors (Lipinski definition) is 4. The number of hydrogen-bond donors (Lipinski definition) is 1. The zero-order chi connectivity index (χ0) is 24.3. The van der Waals surface area contributed by atoms with Gasteiger partial charge in [0.25, 0.3) is 11.8 Å². The molecule has 5 heteroatoms. The van der Waals surface area contributed by atoms with E-state index in [0.717, 1.165) is 17.9 Å². The predicted molar refractivity (Wildman–Crippen MR) is 137 cm³/mol. The van der Waals surface area contributed by atoms with Crippen LogP contribution in [-0.4, -0.2) is 18.4 Å². The van der Waals surface area contributed by atoms with Gasteiger partial charge in [0.05, 0.1) is 17.9 Å². The van der Waals surface area contributed by atoms with Crippen molar-refractivity contribution in [1.82, 2.24) is 0 Å². The Bertz CT molecular complexity index is 1200. The van der Waals surface area contributed by atoms with E-state index in [-0.39, 0.29) is 22.9 Å². The molecular weight excluding hydrogens is 424 g/mol. The molecule has 3 aromatic carbocycles. The molecule has 2 amide bonds. The van der Waals surface area contributed by atoms with Crippen LogP contribution in [0.4, 0.5) is 11.4 Å². The van der Waals surface area contributed by atoms with Crippen LogP contribution in [0.3, 0.4) is 0 Å². The van der Waals surface area contributed by atoms with Gasteiger partial charge >= 0.3 is 0 Å². The lowest BCUT2D eigenvalue weighted by Gasteiger charge is -2.19. The number of benzene rings is 3. The van der Waals surface area contributed by atoms with E-state index in [2.05, 4.69) is 26.1 Å². The van der Waals surface area contributed by atoms with Gasteiger partial charge in [-0.05, 0) is 59.4 Å². The smallest absolute Gasteiger partial charge is 0.282 e. The summed E-state index contributed by atoms with van der Waals surface area (Å²) < 4.78 is 5.68. The number of imide groups is 1. The third-order valence-corrected chi connectivity index (χ3v) is 5.73. The van der Waals surface area contributed by atoms with Gasteiger partial charge < -0.3 is 10.1 Å². The Kier molecular flexibility index (Phi) is 6.55. The molecule has 1 aliphatic heterocycles. The lowest BCUT2D eigenvalue weighted by molar-refractivity contribution is -0.120. The van der Waals surface area contributed by atoms with Crippen molar-refractivity contribution in [2.24, 2.45) is 0 Å². The highest BCUT2D eigenvalue weighted by Crippen LogP contribution is 2.34. The van der Waals surface area contributed by atoms with E-state index in [0.29, 0.717) is 23.4 Å². The third-order valence-electron chi connectivity index (χ3n) is 5.73. The maximum absolute atomic E-state index is 13.5. The minimum atomic E-state index is -0.377. The second-order valence-corrected chi connectivity index (χ2v) is 9.36. The topological polar surface area (TPSA) is 58.6 Å². The second kappa shape index (κ2) is 9.56. The fourth-order valence-electron chi connectivity index (χ4n) is 3.86. The molecule has 0 radical (unpaired) electrons. The summed E-state index contributed by atoms with van der Waals surface area (Å²) in [7, 11) is 0. The Hall–Kier alpha value is -3.86. The molecule has 0 unspecified atom stereocenters. The molecule has 0 spiro atoms. The highest BCUT2D eigenvalue weighted by Gasteiger charge is 2.40. The molecule has 1 N–H and O–H groups in total. The van der Waals surface area contributed by atoms with Crippen LogP contribution < -0.4 is 15.0 Å². The number of anilines is 2. The molecule has 0 bridgehead atoms. The largest absolute Gasteiger partial charge is 0.494 e. The summed E-state index contributed by atoms with van der Waals surface area (Å²) in [5.41, 5.74) is 3.77. The summed E-state index contributed by atoms with van der Waals surface area (Å²) in [5.74, 6) is -0.000174. The van der Waals surface area contributed by atoms with E-state index in [1.54, 1.807) is 12.1 Å². The minimum Gasteiger partial charge on any atom is -0.494 e. The van der Waals surface area contributed by atoms with Gasteiger partial charge in [0.2, 0.25) is 0 Å². The van der Waals surface area contributed by atoms with Crippen molar-refractivity contribution in [3.63, 3.8) is 0 Å². The molecule has 0 fully saturated rings. The molecule has 0 atom stereocenters. The molecule has 174 valence electrons. The zero-order valence-electron chi connectivity index (χ0n) is 20.1. The van der Waals surface area contributed by atoms with Crippen molar-refractivity contribution in [2.45, 2.75) is 39.5 Å². The van der Waals surface area contributed by atoms with Gasteiger partial charge in [0.15, 0.2) is 0 Å². The van der Waals surface area contributed by atoms with E-state index in [9.17, 15) is 9.59 Å². The van der Waals surface area contributed by atoms with Gasteiger partial charge in [0.1, 0.15) is 11.4 Å². The number of amides is 2. The highest BCUT2D eigenvalue weighted by molar-refractivity contribution is 6.46. The fourth-order valence-corrected chi connectivity index (χ4v) is 3.86. The lowest BCUT2D eigenvalue weighted by Crippen LogP contribution is -2.32. The van der Waals surface area contributed by atoms with E-state index in [1.807, 2.05) is 73.7 Å². The Morgan fingerprint density at radius 3 is 2.06 bits per heavy atom. The number of rotatable bonds is 7. The van der Waals surface area contributed by atoms with Gasteiger partial charge in [0, 0.05) is 5.69 Å². The highest BCUT2D eigenvalue weighted by atomic mass is 16.5. The number of nitrogens with one attached hydrogen (secondary N) is 1. The summed E-state index contributed by atoms with van der Waals surface area (Å²) >= 11 is 0. The Morgan fingerprint density at radius 1 is 0.824 bits per heavy atom. The van der Waals surface area contributed by atoms with E-state index >= 15 is 0 Å². The summed E-state index contributed by atoms with van der Waals surface area (Å²) in [4.78, 5) is 28.3. The average Bonchev–Trinajstić information content (AvgIpc) is 3.07. The fraction of sp³-hybridized carbons (Fsp3) is 0.241. The molecule has 1 heterocycles. The van der Waals surface area contributed by atoms with Crippen LogP contribution in [0.25, 0.3) is 5.57 Å². The number of carbonyl (C=O) groups excluding carboxylic acids is 2. The summed E-state index contributed by atoms with van der Waals surface area (Å²) in [6.07, 6.45) is 0.911. The molecule has 4 rings (SSSR count). The standard InChI is InChI=1S/C29H30N2O3/c1-5-19-34-24-17-11-20(12-18-24)25-26(30-22-15-13-21(14-16-22)29(2,3)4)28(33)31(27(25)32)23-9-7-6-8-10-23/h6-18,30H,5,19H2,1-4H3. The summed E-state index contributed by atoms with van der Waals surface area (Å²) in [6.45, 7) is 9.13. The van der Waals surface area contributed by atoms with E-state index in [4.69, 9.17) is 4.74 Å². The van der Waals surface area contributed by atoms with E-state index in [1.165, 1.54) is 10.5 Å². The lowest BCUT2D eigenvalue weighted by atomic mass is 9.87. The maximum Gasteiger partial charge on any atom is 0.282 e. The normalized spacial score (nSPS) is 14.1. The Morgan fingerprint density at radius 2 is 1.47 bits per heavy atom. The molecule has 0 aliphatic carbocycles. The molecule has 0 saturated heterocycles. The van der Waals surface area contributed by atoms with Crippen molar-refractivity contribution in [2.75, 3.05) is 16.8 Å². The monoisotopic (exact) mass is 454 g/mol. The molecule has 0 saturated carbocycles. The van der Waals surface area contributed by atoms with Crippen molar-refractivity contribution in [3.8, 4) is 5.75 Å². The Balaban J connectivity index is 1.73. The molecule has 34 heavy (non-hydrogen) atoms. The van der Waals surface area contributed by atoms with Crippen molar-refractivity contribution in [1.29, 1.82) is 0 Å². The first kappa shape index (κ1) is 23.3. The van der Waals surface area contributed by atoms with Crippen molar-refractivity contribution in [3.05, 3.63) is 95.7 Å². The zero-order valence-corrected chi connectivity index (χ0v) is 20.1. The van der Waals surface area contributed by atoms with Crippen LogP contribution in [-0.2, 0) is 15.0 Å². The van der Waals surface area contributed by atoms with Gasteiger partial charge in [-0.15, -0.1) is 0 Å². The molecule has 5 nitrogen and oxygen atoms in total. The molecule has 3 aromatic rings. The number of carbonyl (C=O) groups is 2. The van der Waals surface area contributed by atoms with Gasteiger partial charge in [-0.1, -0.05) is 70.2 Å². The maximum atomic E-state index is 13.5. The van der Waals surface area contributed by atoms with Crippen LogP contribution in [0, 0.1) is 0 Å². The molecule has 0 aromatic heterocycles. The van der Waals surface area contributed by atoms with Gasteiger partial charge in [-0.3, -0.25) is 9.59 Å². The van der Waals surface area contributed by atoms with Crippen LogP contribution in [0.5, 0.6) is 5.75 Å². The van der Waals surface area contributed by atoms with Crippen LogP contribution in [0.2, 0.25) is 0 Å². The molecule has 1 aliphatic rings. The van der Waals surface area contributed by atoms with Gasteiger partial charge in [-0.25, -0.2) is 4.90 Å². The number of para-hydroxylation sites is 1. The summed E-state index contributed by atoms with van der Waals surface area (Å²) in [6, 6.07) is 24.3. The quantitative estimate of drug-likeness (QED) is 0.434. The van der Waals surface area contributed by atoms with E-state index < -0.39 is 0 Å². The first-order chi connectivity index (χ1) is 16.3. The van der Waals surface area contributed by atoms with Gasteiger partial charge in [-0.2, -0.15) is 0 Å². The second-order valence-electron chi connectivity index (χ2n) is 9.36. The molecular formula is C29H30N2O3. The third kappa shape index (κ3) is 4.74. The predicted octanol–water partition coefficient (Wildman–Crippen LogP) is 6.17. The Labute approximate surface area is 201 Å². The minimum absolute atomic E-state index is 0.0216. The van der Waals surface area contributed by atoms with Crippen molar-refractivity contribution >= 4 is 28.8 Å². The van der Waals surface area contributed by atoms with Crippen LogP contribution >= 0.6 is 0 Å². The number of nitrogens with zero attached hydrogens (tertiary/aromatic N) is 1. The number of ether oxygens (including phenoxy) is 1. The van der Waals surface area contributed by atoms with Crippen LogP contribution in [0.15, 0.2) is 84.6 Å². The summed E-state index contributed by atoms with van der Waals surface area (Å²) in [5, 5.41) is 3.23. The van der Waals surface area contributed by atoms with Crippen molar-refractivity contribution < 1.29 is 14.3 Å². The SMILES string of the molecule is CCCOc1ccc(C2=C(Nc3ccc(C(C)(C)C)cc3)C(=O)N(c3ccccc3)C2=O)cc1. The first-order valence-corrected chi connectivity index (χ1v) is 11.6. The average molecular weight is 455 g/mol. The van der Waals surface area contributed by atoms with Crippen LogP contribution in [0.1, 0.15) is 45.2 Å².